The molecule has 0 atom stereocenters. The van der Waals surface area contributed by atoms with Gasteiger partial charge in [0, 0.05) is 42.3 Å². The number of carbonyl (C=O) groups excluding carboxylic acids is 1. The van der Waals surface area contributed by atoms with Crippen molar-refractivity contribution in [1.82, 2.24) is 15.0 Å². The number of rotatable bonds is 6. The van der Waals surface area contributed by atoms with Gasteiger partial charge in [0.05, 0.1) is 33.6 Å². The maximum atomic E-state index is 12.8. The van der Waals surface area contributed by atoms with Crippen molar-refractivity contribution in [2.75, 3.05) is 18.5 Å². The van der Waals surface area contributed by atoms with E-state index in [0.29, 0.717) is 35.5 Å². The van der Waals surface area contributed by atoms with Crippen LogP contribution in [0, 0.1) is 0 Å². The van der Waals surface area contributed by atoms with Gasteiger partial charge in [0.25, 0.3) is 5.91 Å². The summed E-state index contributed by atoms with van der Waals surface area (Å²) in [6.07, 6.45) is 5.32. The second-order valence-corrected chi connectivity index (χ2v) is 6.72. The molecule has 4 aromatic rings. The van der Waals surface area contributed by atoms with Crippen LogP contribution >= 0.6 is 23.7 Å². The summed E-state index contributed by atoms with van der Waals surface area (Å²) < 4.78 is 6.61. The highest BCUT2D eigenvalue weighted by molar-refractivity contribution is 7.17. The van der Waals surface area contributed by atoms with Crippen molar-refractivity contribution >= 4 is 56.5 Å². The Kier molecular flexibility index (Phi) is 6.35. The lowest BCUT2D eigenvalue weighted by atomic mass is 10.1. The van der Waals surface area contributed by atoms with Gasteiger partial charge >= 0.3 is 0 Å². The lowest BCUT2D eigenvalue weighted by Crippen LogP contribution is -2.13. The van der Waals surface area contributed by atoms with Gasteiger partial charge < -0.3 is 15.2 Å². The lowest BCUT2D eigenvalue weighted by molar-refractivity contribution is 0.102. The number of amides is 1. The van der Waals surface area contributed by atoms with E-state index in [2.05, 4.69) is 20.3 Å². The van der Waals surface area contributed by atoms with E-state index in [4.69, 9.17) is 9.84 Å². The first-order valence-corrected chi connectivity index (χ1v) is 9.25. The number of ether oxygens (including phenoxy) is 1. The number of benzene rings is 1. The number of fused-ring (bicyclic) bond motifs is 2. The standard InChI is InChI=1S/C19H16N4O3S.ClH/c24-5-2-6-26-16-8-14-12(3-1-4-21-14)7-15(16)23-19(25)13-10-27-17-9-20-11-22-18(13)17;/h1,3-4,7-11,24H,2,5-6H2,(H,23,25);1H. The molecule has 2 N–H and O–H groups in total. The number of hydrogen-bond donors (Lipinski definition) is 2. The van der Waals surface area contributed by atoms with E-state index in [9.17, 15) is 4.79 Å². The van der Waals surface area contributed by atoms with Gasteiger partial charge in [0.2, 0.25) is 0 Å². The molecule has 0 saturated heterocycles. The number of nitrogens with zero attached hydrogens (tertiary/aromatic N) is 3. The Labute approximate surface area is 170 Å². The number of pyridine rings is 1. The first-order chi connectivity index (χ1) is 13.3. The summed E-state index contributed by atoms with van der Waals surface area (Å²) in [7, 11) is 0. The summed E-state index contributed by atoms with van der Waals surface area (Å²) in [6, 6.07) is 7.38. The molecule has 3 aromatic heterocycles. The maximum Gasteiger partial charge on any atom is 0.258 e. The fourth-order valence-electron chi connectivity index (χ4n) is 2.70. The van der Waals surface area contributed by atoms with Gasteiger partial charge in [-0.05, 0) is 12.1 Å². The molecule has 0 aliphatic rings. The molecule has 0 aliphatic carbocycles. The van der Waals surface area contributed by atoms with E-state index in [1.807, 2.05) is 18.2 Å². The van der Waals surface area contributed by atoms with E-state index in [1.165, 1.54) is 17.7 Å². The van der Waals surface area contributed by atoms with Gasteiger partial charge in [-0.1, -0.05) is 6.07 Å². The van der Waals surface area contributed by atoms with Crippen molar-refractivity contribution in [2.24, 2.45) is 0 Å². The maximum absolute atomic E-state index is 12.8. The number of halogens is 1. The molecule has 0 saturated carbocycles. The average Bonchev–Trinajstić information content (AvgIpc) is 3.13. The van der Waals surface area contributed by atoms with Crippen molar-refractivity contribution in [2.45, 2.75) is 6.42 Å². The van der Waals surface area contributed by atoms with Crippen LogP contribution in [-0.4, -0.2) is 39.2 Å². The highest BCUT2D eigenvalue weighted by atomic mass is 35.5. The Morgan fingerprint density at radius 1 is 1.29 bits per heavy atom. The summed E-state index contributed by atoms with van der Waals surface area (Å²) in [5.74, 6) is 0.243. The van der Waals surface area contributed by atoms with Crippen molar-refractivity contribution in [3.63, 3.8) is 0 Å². The normalized spacial score (nSPS) is 10.6. The van der Waals surface area contributed by atoms with E-state index >= 15 is 0 Å². The average molecular weight is 417 g/mol. The van der Waals surface area contributed by atoms with E-state index in [1.54, 1.807) is 23.8 Å². The molecule has 1 aromatic carbocycles. The van der Waals surface area contributed by atoms with Crippen molar-refractivity contribution < 1.29 is 14.6 Å². The fourth-order valence-corrected chi connectivity index (χ4v) is 3.56. The first-order valence-electron chi connectivity index (χ1n) is 8.37. The molecule has 4 rings (SSSR count). The van der Waals surface area contributed by atoms with Gasteiger partial charge in [-0.3, -0.25) is 9.78 Å². The van der Waals surface area contributed by atoms with Crippen LogP contribution in [0.15, 0.2) is 48.4 Å². The monoisotopic (exact) mass is 416 g/mol. The molecule has 0 unspecified atom stereocenters. The molecule has 144 valence electrons. The summed E-state index contributed by atoms with van der Waals surface area (Å²) in [5.41, 5.74) is 2.43. The van der Waals surface area contributed by atoms with Gasteiger partial charge in [-0.2, -0.15) is 0 Å². The van der Waals surface area contributed by atoms with Crippen molar-refractivity contribution in [3.05, 3.63) is 53.9 Å². The van der Waals surface area contributed by atoms with E-state index < -0.39 is 0 Å². The number of nitrogens with one attached hydrogen (secondary N) is 1. The molecule has 0 bridgehead atoms. The second kappa shape index (κ2) is 8.92. The molecular weight excluding hydrogens is 400 g/mol. The predicted octanol–water partition coefficient (Wildman–Crippen LogP) is 3.67. The number of aliphatic hydroxyl groups is 1. The summed E-state index contributed by atoms with van der Waals surface area (Å²) >= 11 is 1.42. The third-order valence-electron chi connectivity index (χ3n) is 3.99. The van der Waals surface area contributed by atoms with Gasteiger partial charge in [0.1, 0.15) is 12.1 Å². The number of aromatic nitrogens is 3. The number of anilines is 1. The number of thiophene rings is 1. The highest BCUT2D eigenvalue weighted by Gasteiger charge is 2.16. The lowest BCUT2D eigenvalue weighted by Gasteiger charge is -2.13. The Balaban J connectivity index is 0.00000225. The van der Waals surface area contributed by atoms with Crippen LogP contribution in [0.25, 0.3) is 21.1 Å². The van der Waals surface area contributed by atoms with Crippen LogP contribution in [0.5, 0.6) is 5.75 Å². The Hall–Kier alpha value is -2.81. The number of aliphatic hydroxyl groups excluding tert-OH is 1. The molecule has 0 aliphatic heterocycles. The quantitative estimate of drug-likeness (QED) is 0.465. The molecule has 28 heavy (non-hydrogen) atoms. The zero-order valence-corrected chi connectivity index (χ0v) is 16.3. The third kappa shape index (κ3) is 4.04. The molecule has 9 heteroatoms. The molecule has 0 fully saturated rings. The molecule has 7 nitrogen and oxygen atoms in total. The first kappa shape index (κ1) is 19.9. The number of carbonyl (C=O) groups is 1. The predicted molar refractivity (Wildman–Crippen MR) is 112 cm³/mol. The van der Waals surface area contributed by atoms with E-state index in [-0.39, 0.29) is 24.9 Å². The van der Waals surface area contributed by atoms with Crippen LogP contribution in [-0.2, 0) is 0 Å². The summed E-state index contributed by atoms with van der Waals surface area (Å²) in [4.78, 5) is 25.3. The second-order valence-electron chi connectivity index (χ2n) is 5.81. The zero-order chi connectivity index (χ0) is 18.6. The minimum atomic E-state index is -0.268. The zero-order valence-electron chi connectivity index (χ0n) is 14.7. The molecule has 0 radical (unpaired) electrons. The van der Waals surface area contributed by atoms with Gasteiger partial charge in [-0.15, -0.1) is 23.7 Å². The molecule has 1 amide bonds. The molecule has 3 heterocycles. The van der Waals surface area contributed by atoms with Crippen molar-refractivity contribution in [3.8, 4) is 5.75 Å². The summed E-state index contributed by atoms with van der Waals surface area (Å²) in [6.45, 7) is 0.375. The summed E-state index contributed by atoms with van der Waals surface area (Å²) in [5, 5.41) is 14.6. The highest BCUT2D eigenvalue weighted by Crippen LogP contribution is 2.31. The molecule has 0 spiro atoms. The van der Waals surface area contributed by atoms with Crippen LogP contribution in [0.4, 0.5) is 5.69 Å². The van der Waals surface area contributed by atoms with Crippen LogP contribution in [0.2, 0.25) is 0 Å². The molecular formula is C19H17ClN4O3S. The topological polar surface area (TPSA) is 97.2 Å². The minimum Gasteiger partial charge on any atom is -0.491 e. The Morgan fingerprint density at radius 2 is 2.18 bits per heavy atom. The van der Waals surface area contributed by atoms with Crippen LogP contribution in [0.3, 0.4) is 0 Å². The minimum absolute atomic E-state index is 0. The Morgan fingerprint density at radius 3 is 3.04 bits per heavy atom. The van der Waals surface area contributed by atoms with Crippen LogP contribution < -0.4 is 10.1 Å². The van der Waals surface area contributed by atoms with Crippen LogP contribution in [0.1, 0.15) is 16.8 Å². The van der Waals surface area contributed by atoms with Gasteiger partial charge in [-0.25, -0.2) is 9.97 Å². The van der Waals surface area contributed by atoms with Gasteiger partial charge in [0.15, 0.2) is 0 Å². The fraction of sp³-hybridized carbons (Fsp3) is 0.158. The smallest absolute Gasteiger partial charge is 0.258 e. The SMILES string of the molecule is Cl.O=C(Nc1cc2cccnc2cc1OCCCO)c1csc2cncnc12. The third-order valence-corrected chi connectivity index (χ3v) is 4.90. The number of hydrogen-bond acceptors (Lipinski definition) is 7. The van der Waals surface area contributed by atoms with Crippen molar-refractivity contribution in [1.29, 1.82) is 0 Å². The Bertz CT molecular complexity index is 1120. The van der Waals surface area contributed by atoms with E-state index in [0.717, 1.165) is 15.6 Å². The largest absolute Gasteiger partial charge is 0.491 e.